The van der Waals surface area contributed by atoms with Gasteiger partial charge in [-0.2, -0.15) is 0 Å². The van der Waals surface area contributed by atoms with Crippen LogP contribution in [-0.2, 0) is 0 Å². The minimum Gasteiger partial charge on any atom is -0.462 e. The van der Waals surface area contributed by atoms with Gasteiger partial charge >= 0.3 is 0 Å². The van der Waals surface area contributed by atoms with Crippen LogP contribution in [0.2, 0.25) is 5.02 Å². The van der Waals surface area contributed by atoms with Crippen LogP contribution in [0.3, 0.4) is 0 Å². The summed E-state index contributed by atoms with van der Waals surface area (Å²) in [6.45, 7) is 7.47. The summed E-state index contributed by atoms with van der Waals surface area (Å²) >= 11 is 6.03. The van der Waals surface area contributed by atoms with Crippen LogP contribution in [0.4, 0.5) is 5.95 Å². The van der Waals surface area contributed by atoms with E-state index in [-0.39, 0.29) is 5.91 Å². The highest BCUT2D eigenvalue weighted by molar-refractivity contribution is 6.30. The van der Waals surface area contributed by atoms with Gasteiger partial charge in [-0.3, -0.25) is 9.69 Å². The summed E-state index contributed by atoms with van der Waals surface area (Å²) < 4.78 is 5.66. The number of hydrogen-bond donors (Lipinski definition) is 0. The first kappa shape index (κ1) is 20.6. The average Bonchev–Trinajstić information content (AvgIpc) is 2.89. The van der Waals surface area contributed by atoms with E-state index in [2.05, 4.69) is 19.8 Å². The molecule has 1 aromatic carbocycles. The van der Waals surface area contributed by atoms with Crippen molar-refractivity contribution in [3.05, 3.63) is 59.2 Å². The Balaban J connectivity index is 1.24. The number of anilines is 1. The van der Waals surface area contributed by atoms with E-state index in [1.54, 1.807) is 41.8 Å². The fourth-order valence-electron chi connectivity index (χ4n) is 3.80. The molecule has 0 aliphatic carbocycles. The standard InChI is InChI=1S/C22H26ClN5O2/c1-17-16-30-20-15-18(23)5-6-19(20)21(29)28(17)10-3-2-9-26-11-13-27(14-12-26)22-24-7-4-8-25-22/h4-8,15-16H,2-3,9-14H2,1H3. The number of piperazine rings is 1. The zero-order valence-electron chi connectivity index (χ0n) is 17.1. The minimum atomic E-state index is -0.0376. The van der Waals surface area contributed by atoms with Gasteiger partial charge in [0.25, 0.3) is 5.91 Å². The highest BCUT2D eigenvalue weighted by Crippen LogP contribution is 2.29. The maximum Gasteiger partial charge on any atom is 0.261 e. The molecule has 0 spiro atoms. The molecule has 7 nitrogen and oxygen atoms in total. The second-order valence-electron chi connectivity index (χ2n) is 7.56. The number of fused-ring (bicyclic) bond motifs is 1. The lowest BCUT2D eigenvalue weighted by molar-refractivity contribution is 0.0804. The third-order valence-electron chi connectivity index (χ3n) is 5.51. The van der Waals surface area contributed by atoms with E-state index in [0.717, 1.165) is 57.2 Å². The molecule has 2 aromatic rings. The third kappa shape index (κ3) is 4.74. The summed E-state index contributed by atoms with van der Waals surface area (Å²) in [6.07, 6.45) is 7.17. The molecule has 158 valence electrons. The molecule has 0 atom stereocenters. The molecule has 2 aliphatic rings. The van der Waals surface area contributed by atoms with Gasteiger partial charge in [-0.25, -0.2) is 9.97 Å². The SMILES string of the molecule is CC1=COc2cc(Cl)ccc2C(=O)N1CCCCN1CCN(c2ncccn2)CC1. The fourth-order valence-corrected chi connectivity index (χ4v) is 3.96. The molecule has 1 fully saturated rings. The minimum absolute atomic E-state index is 0.0376. The van der Waals surface area contributed by atoms with Crippen LogP contribution in [0.1, 0.15) is 30.1 Å². The normalized spacial score (nSPS) is 17.3. The van der Waals surface area contributed by atoms with Crippen molar-refractivity contribution in [3.63, 3.8) is 0 Å². The van der Waals surface area contributed by atoms with Crippen LogP contribution in [0.15, 0.2) is 48.6 Å². The maximum atomic E-state index is 13.0. The second kappa shape index (κ2) is 9.45. The van der Waals surface area contributed by atoms with Gasteiger partial charge in [0.15, 0.2) is 0 Å². The Kier molecular flexibility index (Phi) is 6.50. The number of nitrogens with zero attached hydrogens (tertiary/aromatic N) is 5. The number of aromatic nitrogens is 2. The van der Waals surface area contributed by atoms with E-state index >= 15 is 0 Å². The first-order valence-electron chi connectivity index (χ1n) is 10.3. The predicted octanol–water partition coefficient (Wildman–Crippen LogP) is 3.43. The Morgan fingerprint density at radius 2 is 1.80 bits per heavy atom. The van der Waals surface area contributed by atoms with Gasteiger partial charge in [0, 0.05) is 56.2 Å². The molecule has 30 heavy (non-hydrogen) atoms. The van der Waals surface area contributed by atoms with Gasteiger partial charge in [0.2, 0.25) is 5.95 Å². The molecular weight excluding hydrogens is 402 g/mol. The molecule has 0 unspecified atom stereocenters. The highest BCUT2D eigenvalue weighted by atomic mass is 35.5. The number of allylic oxidation sites excluding steroid dienone is 1. The predicted molar refractivity (Wildman–Crippen MR) is 117 cm³/mol. The van der Waals surface area contributed by atoms with Gasteiger partial charge < -0.3 is 14.5 Å². The molecule has 0 radical (unpaired) electrons. The number of ether oxygens (including phenoxy) is 1. The smallest absolute Gasteiger partial charge is 0.261 e. The number of amides is 1. The average molecular weight is 428 g/mol. The zero-order chi connectivity index (χ0) is 20.9. The molecule has 1 saturated heterocycles. The lowest BCUT2D eigenvalue weighted by Gasteiger charge is -2.34. The van der Waals surface area contributed by atoms with E-state index in [1.165, 1.54) is 0 Å². The quantitative estimate of drug-likeness (QED) is 0.658. The molecule has 1 aromatic heterocycles. The third-order valence-corrected chi connectivity index (χ3v) is 5.75. The fraction of sp³-hybridized carbons (Fsp3) is 0.409. The molecule has 0 bridgehead atoms. The van der Waals surface area contributed by atoms with Crippen molar-refractivity contribution >= 4 is 23.5 Å². The Hall–Kier alpha value is -2.64. The molecule has 1 amide bonds. The van der Waals surface area contributed by atoms with Gasteiger partial charge in [0.05, 0.1) is 11.3 Å². The summed E-state index contributed by atoms with van der Waals surface area (Å²) in [5.74, 6) is 1.28. The van der Waals surface area contributed by atoms with Crippen molar-refractivity contribution in [1.82, 2.24) is 19.8 Å². The summed E-state index contributed by atoms with van der Waals surface area (Å²) in [4.78, 5) is 28.1. The molecule has 0 N–H and O–H groups in total. The van der Waals surface area contributed by atoms with Gasteiger partial charge in [0.1, 0.15) is 12.0 Å². The van der Waals surface area contributed by atoms with Crippen molar-refractivity contribution in [2.75, 3.05) is 44.2 Å². The van der Waals surface area contributed by atoms with E-state index in [9.17, 15) is 4.79 Å². The molecular formula is C22H26ClN5O2. The number of carbonyl (C=O) groups is 1. The van der Waals surface area contributed by atoms with Crippen LogP contribution in [0, 0.1) is 0 Å². The topological polar surface area (TPSA) is 61.8 Å². The maximum absolute atomic E-state index is 13.0. The summed E-state index contributed by atoms with van der Waals surface area (Å²) in [5, 5.41) is 0.556. The Labute approximate surface area is 181 Å². The Morgan fingerprint density at radius 1 is 1.07 bits per heavy atom. The van der Waals surface area contributed by atoms with E-state index in [0.29, 0.717) is 22.9 Å². The van der Waals surface area contributed by atoms with Crippen LogP contribution in [0.5, 0.6) is 5.75 Å². The van der Waals surface area contributed by atoms with Crippen molar-refractivity contribution in [3.8, 4) is 5.75 Å². The van der Waals surface area contributed by atoms with Gasteiger partial charge in [-0.15, -0.1) is 0 Å². The van der Waals surface area contributed by atoms with Crippen LogP contribution >= 0.6 is 11.6 Å². The van der Waals surface area contributed by atoms with E-state index in [4.69, 9.17) is 16.3 Å². The van der Waals surface area contributed by atoms with Crippen molar-refractivity contribution in [2.45, 2.75) is 19.8 Å². The number of unbranched alkanes of at least 4 members (excludes halogenated alkanes) is 1. The van der Waals surface area contributed by atoms with Gasteiger partial charge in [-0.05, 0) is 44.5 Å². The molecule has 0 saturated carbocycles. The summed E-state index contributed by atoms with van der Waals surface area (Å²) in [5.41, 5.74) is 1.36. The van der Waals surface area contributed by atoms with Crippen LogP contribution in [0.25, 0.3) is 0 Å². The number of carbonyl (C=O) groups excluding carboxylic acids is 1. The largest absolute Gasteiger partial charge is 0.462 e. The molecule has 2 aliphatic heterocycles. The summed E-state index contributed by atoms with van der Waals surface area (Å²) in [6, 6.07) is 6.98. The number of rotatable bonds is 6. The van der Waals surface area contributed by atoms with Crippen LogP contribution in [-0.4, -0.2) is 64.9 Å². The van der Waals surface area contributed by atoms with Crippen molar-refractivity contribution in [1.29, 1.82) is 0 Å². The van der Waals surface area contributed by atoms with Gasteiger partial charge in [-0.1, -0.05) is 11.6 Å². The van der Waals surface area contributed by atoms with E-state index < -0.39 is 0 Å². The number of hydrogen-bond acceptors (Lipinski definition) is 6. The molecule has 3 heterocycles. The lowest BCUT2D eigenvalue weighted by Crippen LogP contribution is -2.47. The monoisotopic (exact) mass is 427 g/mol. The highest BCUT2D eigenvalue weighted by Gasteiger charge is 2.24. The first-order valence-corrected chi connectivity index (χ1v) is 10.7. The van der Waals surface area contributed by atoms with Crippen molar-refractivity contribution in [2.24, 2.45) is 0 Å². The van der Waals surface area contributed by atoms with E-state index in [1.807, 2.05) is 13.0 Å². The number of halogens is 1. The van der Waals surface area contributed by atoms with Crippen molar-refractivity contribution < 1.29 is 9.53 Å². The lowest BCUT2D eigenvalue weighted by atomic mass is 10.1. The molecule has 4 rings (SSSR count). The Bertz CT molecular complexity index is 913. The second-order valence-corrected chi connectivity index (χ2v) is 8.00. The number of benzene rings is 1. The first-order chi connectivity index (χ1) is 14.6. The Morgan fingerprint density at radius 3 is 2.57 bits per heavy atom. The summed E-state index contributed by atoms with van der Waals surface area (Å²) in [7, 11) is 0. The van der Waals surface area contributed by atoms with Crippen LogP contribution < -0.4 is 9.64 Å². The molecule has 8 heteroatoms. The zero-order valence-corrected chi connectivity index (χ0v) is 17.9.